The molecule has 0 saturated carbocycles. The number of rotatable bonds is 11. The normalized spacial score (nSPS) is 66.8. The Hall–Kier alpha value is 1.69. The predicted octanol–water partition coefficient (Wildman–Crippen LogP) is -2.38. The molecule has 202 valence electrons. The topological polar surface area (TPSA) is 166 Å². The van der Waals surface area contributed by atoms with Crippen molar-refractivity contribution in [1.82, 2.24) is 0 Å². The summed E-state index contributed by atoms with van der Waals surface area (Å²) >= 11 is 0.344. The number of aliphatic hydroxyl groups is 5. The minimum absolute atomic E-state index is 0.171. The molecule has 3 aliphatic rings. The van der Waals surface area contributed by atoms with Gasteiger partial charge in [0.15, 0.2) is 0 Å². The Morgan fingerprint density at radius 2 is 1.38 bits per heavy atom. The molecule has 0 aromatic heterocycles. The fourth-order valence-electron chi connectivity index (χ4n) is 3.04. The third kappa shape index (κ3) is 7.37. The number of hydrogen-bond donors (Lipinski definition) is 5. The van der Waals surface area contributed by atoms with Gasteiger partial charge in [-0.25, -0.2) is 0 Å². The molecule has 0 aromatic rings. The molecule has 5 N–H and O–H groups in total. The van der Waals surface area contributed by atoms with Gasteiger partial charge in [-0.05, 0) is 0 Å². The molecule has 12 nitrogen and oxygen atoms in total. The second kappa shape index (κ2) is 12.9. The molecular formula is C18H29B3O12P2W2+2. The molecule has 37 heavy (non-hydrogen) atoms. The van der Waals surface area contributed by atoms with Gasteiger partial charge in [-0.1, -0.05) is 0 Å². The Kier molecular flexibility index (Phi) is 6.91. The summed E-state index contributed by atoms with van der Waals surface area (Å²) in [7, 11) is 17.2. The summed E-state index contributed by atoms with van der Waals surface area (Å²) in [5.41, 5.74) is -8.34. The summed E-state index contributed by atoms with van der Waals surface area (Å²) in [5.74, 6) is 0. The van der Waals surface area contributed by atoms with E-state index in [1.807, 2.05) is 0 Å². The summed E-state index contributed by atoms with van der Waals surface area (Å²) in [6, 6.07) is -9.91. The first-order valence-corrected chi connectivity index (χ1v) is 20.0. The van der Waals surface area contributed by atoms with Gasteiger partial charge in [0.05, 0.1) is 0 Å². The molecule has 0 spiro atoms. The van der Waals surface area contributed by atoms with Gasteiger partial charge < -0.3 is 0 Å². The fourth-order valence-corrected chi connectivity index (χ4v) is 6.84. The van der Waals surface area contributed by atoms with Crippen LogP contribution in [0.1, 0.15) is 37.2 Å². The van der Waals surface area contributed by atoms with Crippen LogP contribution in [-0.2, 0) is 69.9 Å². The summed E-state index contributed by atoms with van der Waals surface area (Å²) < 4.78 is 135. The minimum atomic E-state index is -3.58. The van der Waals surface area contributed by atoms with E-state index in [-0.39, 0.29) is 37.6 Å². The number of ether oxygens (including phenoxy) is 3. The third-order valence-electron chi connectivity index (χ3n) is 5.04. The van der Waals surface area contributed by atoms with Gasteiger partial charge in [0.2, 0.25) is 0 Å². The van der Waals surface area contributed by atoms with Crippen molar-refractivity contribution in [3.63, 3.8) is 0 Å². The molecule has 3 rings (SSSR count). The van der Waals surface area contributed by atoms with Crippen molar-refractivity contribution in [1.29, 1.82) is 0 Å². The van der Waals surface area contributed by atoms with Crippen molar-refractivity contribution in [3.05, 3.63) is 0 Å². The van der Waals surface area contributed by atoms with E-state index in [0.29, 0.717) is 0 Å². The van der Waals surface area contributed by atoms with Crippen LogP contribution in [0.5, 0.6) is 0 Å². The summed E-state index contributed by atoms with van der Waals surface area (Å²) in [6.07, 6.45) is -22.5. The van der Waals surface area contributed by atoms with Gasteiger partial charge in [-0.2, -0.15) is 0 Å². The summed E-state index contributed by atoms with van der Waals surface area (Å²) in [6.45, 7) is -7.78. The summed E-state index contributed by atoms with van der Waals surface area (Å²) in [4.78, 5) is 0. The Morgan fingerprint density at radius 1 is 0.892 bits per heavy atom. The van der Waals surface area contributed by atoms with Crippen LogP contribution in [0.15, 0.2) is 0 Å². The van der Waals surface area contributed by atoms with Gasteiger partial charge in [0.25, 0.3) is 0 Å². The molecule has 6 radical (unpaired) electrons. The van der Waals surface area contributed by atoms with Crippen molar-refractivity contribution < 1.29 is 112 Å². The van der Waals surface area contributed by atoms with Crippen LogP contribution in [0.4, 0.5) is 0 Å². The van der Waals surface area contributed by atoms with E-state index in [9.17, 15) is 25.5 Å². The quantitative estimate of drug-likeness (QED) is 0.111. The Bertz CT molecular complexity index is 1390. The predicted molar refractivity (Wildman–Crippen MR) is 124 cm³/mol. The maximum atomic E-state index is 11.3. The molecule has 3 aliphatic heterocycles. The molecule has 0 bridgehead atoms. The van der Waals surface area contributed by atoms with E-state index in [1.54, 1.807) is 0 Å². The molecule has 3 fully saturated rings. The van der Waals surface area contributed by atoms with Gasteiger partial charge in [0.1, 0.15) is 0 Å². The first-order chi connectivity index (χ1) is 21.3. The molecule has 5 unspecified atom stereocenters. The Morgan fingerprint density at radius 3 is 1.84 bits per heavy atom. The standard InChI is InChI=1S/C18H29B3O12P2.2W/c1-16(5-22)12(25)9(14(19)30-16)33-35-28-6-17(2)13(26)10(15(20)31-17)32-34-27-4-7-8(23)11(24)18(3,21)29-7;;/h7-15,22-26H,4-6H2,1-3H3;;/q-2;2*+2/t7-,8?,9+,10+,11+,12?,13?,14-,15-,16-,17-,18-;;/m1../s1/i4D2,5D2,6D2,8D,9D,10D,11D,12D,13D;;. The van der Waals surface area contributed by atoms with E-state index in [1.165, 1.54) is 0 Å². The molecule has 0 amide bonds. The first-order valence-electron chi connectivity index (χ1n) is 16.0. The van der Waals surface area contributed by atoms with Crippen LogP contribution in [0.25, 0.3) is 0 Å². The van der Waals surface area contributed by atoms with Gasteiger partial charge in [-0.15, -0.1) is 0 Å². The van der Waals surface area contributed by atoms with E-state index in [4.69, 9.17) is 72.3 Å². The summed E-state index contributed by atoms with van der Waals surface area (Å²) in [5, 5.41) is 52.8. The van der Waals surface area contributed by atoms with E-state index in [2.05, 4.69) is 0 Å². The monoisotopic (exact) mass is 912 g/mol. The average molecular weight is 912 g/mol. The molecular weight excluding hydrogens is 870 g/mol. The zero-order valence-corrected chi connectivity index (χ0v) is 26.9. The van der Waals surface area contributed by atoms with E-state index in [0.717, 1.165) is 20.8 Å². The second-order valence-electron chi connectivity index (χ2n) is 8.05. The maximum absolute atomic E-state index is 11.3. The van der Waals surface area contributed by atoms with Gasteiger partial charge in [0, 0.05) is 0 Å². The van der Waals surface area contributed by atoms with E-state index >= 15 is 0 Å². The van der Waals surface area contributed by atoms with Crippen LogP contribution in [-0.4, -0.2) is 140 Å². The molecule has 0 aliphatic carbocycles. The van der Waals surface area contributed by atoms with Crippen LogP contribution >= 0.6 is 12.0 Å². The van der Waals surface area contributed by atoms with Crippen molar-refractivity contribution in [2.24, 2.45) is 0 Å². The van der Waals surface area contributed by atoms with Crippen molar-refractivity contribution in [2.45, 2.75) is 92.1 Å². The zero-order valence-electron chi connectivity index (χ0n) is 31.3. The van der Waals surface area contributed by atoms with Crippen molar-refractivity contribution in [3.8, 4) is 0 Å². The zero-order chi connectivity index (χ0) is 38.8. The molecule has 3 saturated heterocycles. The molecule has 3 heterocycles. The Labute approximate surface area is 258 Å². The molecule has 0 aromatic carbocycles. The molecule has 19 heteroatoms. The Balaban J connectivity index is 1.85. The van der Waals surface area contributed by atoms with Crippen molar-refractivity contribution in [2.75, 3.05) is 19.7 Å². The molecule has 14 atom stereocenters. The average Bonchev–Trinajstić information content (AvgIpc) is 3.17. The second-order valence-corrected chi connectivity index (χ2v) is 16.1. The SMILES string of the molecule is [2H]C([2H])(O[P+](=[W])O[C@]1([2H])[C@H]([B])O[C@](C)(C([2H])([2H])O[P+](=[W])O[C@]2([2H])[C@H]([B])O[C@](C)(C([2H])([2H])O)C2([2H])O)C1([2H])O)[C@H]1O[C@]([B])(C)[C@@]([2H])(O)C1([2H])O. The van der Waals surface area contributed by atoms with Crippen LogP contribution < -0.4 is 0 Å². The van der Waals surface area contributed by atoms with Crippen LogP contribution in [0, 0.1) is 0 Å². The van der Waals surface area contributed by atoms with Gasteiger partial charge >= 0.3 is 259 Å². The van der Waals surface area contributed by atoms with Crippen molar-refractivity contribution >= 4 is 35.6 Å². The first kappa shape index (κ1) is 19.8. The van der Waals surface area contributed by atoms with Crippen LogP contribution in [0.3, 0.4) is 0 Å². The van der Waals surface area contributed by atoms with Crippen LogP contribution in [0.2, 0.25) is 0 Å². The number of hydrogen-bond acceptors (Lipinski definition) is 12. The van der Waals surface area contributed by atoms with Gasteiger partial charge in [-0.3, -0.25) is 0 Å². The van der Waals surface area contributed by atoms with E-state index < -0.39 is 103 Å². The third-order valence-corrected chi connectivity index (χ3v) is 9.44. The fraction of sp³-hybridized carbons (Fsp3) is 1.00.